The summed E-state index contributed by atoms with van der Waals surface area (Å²) in [6.45, 7) is 7.19. The zero-order valence-electron chi connectivity index (χ0n) is 11.4. The van der Waals surface area contributed by atoms with Gasteiger partial charge in [-0.05, 0) is 34.9 Å². The molecule has 2 aromatic heterocycles. The summed E-state index contributed by atoms with van der Waals surface area (Å²) >= 11 is 3.01. The Balaban J connectivity index is 1.94. The van der Waals surface area contributed by atoms with Crippen LogP contribution in [0.25, 0.3) is 0 Å². The number of rotatable bonds is 6. The molecule has 1 N–H and O–H groups in total. The van der Waals surface area contributed by atoms with Gasteiger partial charge in [0.2, 0.25) is 0 Å². The minimum Gasteiger partial charge on any atom is -0.310 e. The molecule has 6 heteroatoms. The predicted molar refractivity (Wildman–Crippen MR) is 79.6 cm³/mol. The molecular formula is C13H18N4S2. The Morgan fingerprint density at radius 2 is 2.21 bits per heavy atom. The average molecular weight is 294 g/mol. The smallest absolute Gasteiger partial charge is 0.176 e. The van der Waals surface area contributed by atoms with Gasteiger partial charge in [-0.3, -0.25) is 0 Å². The van der Waals surface area contributed by atoms with Crippen molar-refractivity contribution in [1.29, 1.82) is 0 Å². The fourth-order valence-corrected chi connectivity index (χ4v) is 3.00. The van der Waals surface area contributed by atoms with E-state index in [-0.39, 0.29) is 0 Å². The van der Waals surface area contributed by atoms with Crippen molar-refractivity contribution >= 4 is 23.3 Å². The third kappa shape index (κ3) is 4.56. The number of aromatic nitrogens is 3. The molecule has 0 aromatic carbocycles. The second kappa shape index (κ2) is 6.98. The molecule has 0 fully saturated rings. The van der Waals surface area contributed by atoms with Crippen LogP contribution in [0.1, 0.15) is 32.2 Å². The molecule has 0 saturated heterocycles. The molecule has 0 radical (unpaired) electrons. The van der Waals surface area contributed by atoms with E-state index in [2.05, 4.69) is 46.5 Å². The molecule has 4 nitrogen and oxygen atoms in total. The number of nitrogens with one attached hydrogen (secondary N) is 1. The Morgan fingerprint density at radius 1 is 1.37 bits per heavy atom. The third-order valence-corrected chi connectivity index (χ3v) is 4.21. The molecule has 0 saturated carbocycles. The van der Waals surface area contributed by atoms with Crippen LogP contribution < -0.4 is 5.32 Å². The molecule has 0 amide bonds. The lowest BCUT2D eigenvalue weighted by Gasteiger charge is -2.07. The van der Waals surface area contributed by atoms with Crippen LogP contribution in [0.15, 0.2) is 27.7 Å². The molecule has 0 bridgehead atoms. The van der Waals surface area contributed by atoms with Crippen LogP contribution in [0.2, 0.25) is 0 Å². The maximum atomic E-state index is 4.45. The number of pyridine rings is 1. The molecule has 0 atom stereocenters. The number of hydrogen-bond acceptors (Lipinski definition) is 6. The van der Waals surface area contributed by atoms with Gasteiger partial charge in [0.15, 0.2) is 4.34 Å². The Morgan fingerprint density at radius 3 is 2.79 bits per heavy atom. The second-order valence-corrected chi connectivity index (χ2v) is 6.49. The zero-order valence-corrected chi connectivity index (χ0v) is 13.0. The predicted octanol–water partition coefficient (Wildman–Crippen LogP) is 3.14. The van der Waals surface area contributed by atoms with E-state index in [1.807, 2.05) is 12.3 Å². The second-order valence-electron chi connectivity index (χ2n) is 4.47. The molecule has 0 aliphatic heterocycles. The maximum absolute atomic E-state index is 4.45. The Kier molecular flexibility index (Phi) is 5.30. The first-order valence-electron chi connectivity index (χ1n) is 6.36. The first-order chi connectivity index (χ1) is 9.17. The van der Waals surface area contributed by atoms with Crippen molar-refractivity contribution in [2.45, 2.75) is 49.1 Å². The van der Waals surface area contributed by atoms with Gasteiger partial charge >= 0.3 is 0 Å². The van der Waals surface area contributed by atoms with Gasteiger partial charge in [-0.1, -0.05) is 26.8 Å². The van der Waals surface area contributed by atoms with Crippen LogP contribution >= 0.6 is 23.3 Å². The first-order valence-corrected chi connectivity index (χ1v) is 7.95. The molecule has 2 rings (SSSR count). The van der Waals surface area contributed by atoms with E-state index in [0.717, 1.165) is 28.2 Å². The SMILES string of the molecule is CCc1nsc(Sc2ccc(CNC(C)C)cn2)n1. The van der Waals surface area contributed by atoms with Gasteiger partial charge in [-0.25, -0.2) is 9.97 Å². The number of hydrogen-bond donors (Lipinski definition) is 1. The zero-order chi connectivity index (χ0) is 13.7. The summed E-state index contributed by atoms with van der Waals surface area (Å²) in [4.78, 5) is 8.87. The van der Waals surface area contributed by atoms with E-state index in [4.69, 9.17) is 0 Å². The summed E-state index contributed by atoms with van der Waals surface area (Å²) in [5.41, 5.74) is 1.20. The minimum atomic E-state index is 0.489. The summed E-state index contributed by atoms with van der Waals surface area (Å²) in [5.74, 6) is 0.908. The van der Waals surface area contributed by atoms with Crippen LogP contribution in [-0.4, -0.2) is 20.4 Å². The van der Waals surface area contributed by atoms with Crippen LogP contribution in [0.3, 0.4) is 0 Å². The maximum Gasteiger partial charge on any atom is 0.176 e. The normalized spacial score (nSPS) is 11.2. The minimum absolute atomic E-state index is 0.489. The van der Waals surface area contributed by atoms with Crippen LogP contribution in [0.5, 0.6) is 0 Å². The van der Waals surface area contributed by atoms with Gasteiger partial charge in [0, 0.05) is 25.2 Å². The summed E-state index contributed by atoms with van der Waals surface area (Å²) in [6.07, 6.45) is 2.80. The van der Waals surface area contributed by atoms with Crippen molar-refractivity contribution in [3.63, 3.8) is 0 Å². The lowest BCUT2D eigenvalue weighted by Crippen LogP contribution is -2.21. The topological polar surface area (TPSA) is 50.7 Å². The van der Waals surface area contributed by atoms with Crippen molar-refractivity contribution < 1.29 is 0 Å². The van der Waals surface area contributed by atoms with Crippen molar-refractivity contribution in [2.75, 3.05) is 0 Å². The molecule has 0 spiro atoms. The van der Waals surface area contributed by atoms with Crippen LogP contribution in [0, 0.1) is 0 Å². The van der Waals surface area contributed by atoms with Gasteiger partial charge in [0.05, 0.1) is 0 Å². The standard InChI is InChI=1S/C13H18N4S2/c1-4-11-16-13(19-17-11)18-12-6-5-10(8-15-12)7-14-9(2)3/h5-6,8-9,14H,4,7H2,1-3H3. The highest BCUT2D eigenvalue weighted by atomic mass is 32.2. The van der Waals surface area contributed by atoms with Gasteiger partial charge in [-0.15, -0.1) is 0 Å². The highest BCUT2D eigenvalue weighted by Gasteiger charge is 2.05. The molecule has 0 aliphatic carbocycles. The van der Waals surface area contributed by atoms with E-state index in [9.17, 15) is 0 Å². The third-order valence-electron chi connectivity index (χ3n) is 2.47. The molecular weight excluding hydrogens is 276 g/mol. The lowest BCUT2D eigenvalue weighted by molar-refractivity contribution is 0.587. The van der Waals surface area contributed by atoms with Crippen molar-refractivity contribution in [3.05, 3.63) is 29.7 Å². The van der Waals surface area contributed by atoms with Gasteiger partial charge in [0.1, 0.15) is 10.9 Å². The lowest BCUT2D eigenvalue weighted by atomic mass is 10.2. The van der Waals surface area contributed by atoms with E-state index < -0.39 is 0 Å². The average Bonchev–Trinajstić information content (AvgIpc) is 2.85. The Hall–Kier alpha value is -0.980. The number of aryl methyl sites for hydroxylation is 1. The Bertz CT molecular complexity index is 508. The van der Waals surface area contributed by atoms with E-state index >= 15 is 0 Å². The van der Waals surface area contributed by atoms with Crippen LogP contribution in [-0.2, 0) is 13.0 Å². The van der Waals surface area contributed by atoms with Crippen molar-refractivity contribution in [3.8, 4) is 0 Å². The van der Waals surface area contributed by atoms with Crippen LogP contribution in [0.4, 0.5) is 0 Å². The van der Waals surface area contributed by atoms with Crippen molar-refractivity contribution in [2.24, 2.45) is 0 Å². The van der Waals surface area contributed by atoms with Crippen molar-refractivity contribution in [1.82, 2.24) is 19.7 Å². The number of nitrogens with zero attached hydrogens (tertiary/aromatic N) is 3. The largest absolute Gasteiger partial charge is 0.310 e. The monoisotopic (exact) mass is 294 g/mol. The molecule has 19 heavy (non-hydrogen) atoms. The van der Waals surface area contributed by atoms with Gasteiger partial charge in [0.25, 0.3) is 0 Å². The summed E-state index contributed by atoms with van der Waals surface area (Å²) in [5, 5.41) is 4.34. The molecule has 2 heterocycles. The summed E-state index contributed by atoms with van der Waals surface area (Å²) in [6, 6.07) is 4.63. The van der Waals surface area contributed by atoms with Gasteiger partial charge < -0.3 is 5.32 Å². The highest BCUT2D eigenvalue weighted by Crippen LogP contribution is 2.27. The first kappa shape index (κ1) is 14.4. The molecule has 2 aromatic rings. The Labute approximate surface area is 122 Å². The highest BCUT2D eigenvalue weighted by molar-refractivity contribution is 8.00. The summed E-state index contributed by atoms with van der Waals surface area (Å²) < 4.78 is 5.23. The summed E-state index contributed by atoms with van der Waals surface area (Å²) in [7, 11) is 0. The van der Waals surface area contributed by atoms with Gasteiger partial charge in [-0.2, -0.15) is 4.37 Å². The fourth-order valence-electron chi connectivity index (χ4n) is 1.41. The molecule has 102 valence electrons. The molecule has 0 aliphatic rings. The molecule has 0 unspecified atom stereocenters. The van der Waals surface area contributed by atoms with E-state index in [1.165, 1.54) is 17.1 Å². The van der Waals surface area contributed by atoms with E-state index in [0.29, 0.717) is 6.04 Å². The quantitative estimate of drug-likeness (QED) is 0.887. The fraction of sp³-hybridized carbons (Fsp3) is 0.462. The van der Waals surface area contributed by atoms with E-state index in [1.54, 1.807) is 11.8 Å².